The maximum atomic E-state index is 5.82. The standard InChI is InChI=1S/C16H23N3O/c1-12(2)20-16-8-6-5-7-14(16)9-17-10-15-11-19(4)18-13(15)3/h5-8,11-12,17H,9-10H2,1-4H3. The van der Waals surface area contributed by atoms with Crippen LogP contribution in [-0.4, -0.2) is 15.9 Å². The maximum Gasteiger partial charge on any atom is 0.124 e. The summed E-state index contributed by atoms with van der Waals surface area (Å²) in [6.45, 7) is 7.73. The zero-order valence-corrected chi connectivity index (χ0v) is 12.7. The second-order valence-corrected chi connectivity index (χ2v) is 5.29. The lowest BCUT2D eigenvalue weighted by atomic mass is 10.2. The third kappa shape index (κ3) is 3.84. The van der Waals surface area contributed by atoms with Crippen molar-refractivity contribution in [3.63, 3.8) is 0 Å². The molecule has 4 heteroatoms. The molecule has 2 aromatic rings. The molecular formula is C16H23N3O. The van der Waals surface area contributed by atoms with Crippen molar-refractivity contribution in [2.75, 3.05) is 0 Å². The third-order valence-corrected chi connectivity index (χ3v) is 3.08. The largest absolute Gasteiger partial charge is 0.491 e. The summed E-state index contributed by atoms with van der Waals surface area (Å²) in [7, 11) is 1.95. The SMILES string of the molecule is Cc1nn(C)cc1CNCc1ccccc1OC(C)C. The van der Waals surface area contributed by atoms with Gasteiger partial charge in [-0.25, -0.2) is 0 Å². The van der Waals surface area contributed by atoms with Crippen LogP contribution in [0.25, 0.3) is 0 Å². The van der Waals surface area contributed by atoms with Gasteiger partial charge in [0, 0.05) is 37.5 Å². The first-order valence-corrected chi connectivity index (χ1v) is 7.00. The first kappa shape index (κ1) is 14.6. The average Bonchev–Trinajstić information content (AvgIpc) is 2.69. The van der Waals surface area contributed by atoms with Crippen molar-refractivity contribution < 1.29 is 4.74 Å². The summed E-state index contributed by atoms with van der Waals surface area (Å²) >= 11 is 0. The van der Waals surface area contributed by atoms with Crippen LogP contribution in [0.2, 0.25) is 0 Å². The van der Waals surface area contributed by atoms with Crippen LogP contribution in [0.3, 0.4) is 0 Å². The minimum Gasteiger partial charge on any atom is -0.491 e. The van der Waals surface area contributed by atoms with Gasteiger partial charge in [0.05, 0.1) is 11.8 Å². The highest BCUT2D eigenvalue weighted by atomic mass is 16.5. The zero-order chi connectivity index (χ0) is 14.5. The maximum absolute atomic E-state index is 5.82. The van der Waals surface area contributed by atoms with Crippen LogP contribution in [0.5, 0.6) is 5.75 Å². The number of ether oxygens (including phenoxy) is 1. The molecule has 0 aliphatic carbocycles. The van der Waals surface area contributed by atoms with Crippen molar-refractivity contribution in [2.24, 2.45) is 7.05 Å². The fourth-order valence-electron chi connectivity index (χ4n) is 2.17. The van der Waals surface area contributed by atoms with Crippen LogP contribution < -0.4 is 10.1 Å². The number of nitrogens with zero attached hydrogens (tertiary/aromatic N) is 2. The van der Waals surface area contributed by atoms with Gasteiger partial charge in [0.25, 0.3) is 0 Å². The van der Waals surface area contributed by atoms with Crippen molar-refractivity contribution in [2.45, 2.75) is 40.0 Å². The van der Waals surface area contributed by atoms with Gasteiger partial charge in [-0.15, -0.1) is 0 Å². The monoisotopic (exact) mass is 273 g/mol. The molecule has 1 heterocycles. The Hall–Kier alpha value is -1.81. The van der Waals surface area contributed by atoms with Crippen LogP contribution in [0.1, 0.15) is 30.7 Å². The van der Waals surface area contributed by atoms with Gasteiger partial charge in [-0.2, -0.15) is 5.10 Å². The molecule has 2 rings (SSSR count). The molecule has 0 unspecified atom stereocenters. The Morgan fingerprint density at radius 2 is 1.90 bits per heavy atom. The third-order valence-electron chi connectivity index (χ3n) is 3.08. The molecule has 4 nitrogen and oxygen atoms in total. The molecular weight excluding hydrogens is 250 g/mol. The van der Waals surface area contributed by atoms with Crippen LogP contribution >= 0.6 is 0 Å². The average molecular weight is 273 g/mol. The molecule has 0 radical (unpaired) electrons. The summed E-state index contributed by atoms with van der Waals surface area (Å²) in [5.41, 5.74) is 3.49. The summed E-state index contributed by atoms with van der Waals surface area (Å²) in [6, 6.07) is 8.17. The number of benzene rings is 1. The Kier molecular flexibility index (Phi) is 4.79. The molecule has 0 fully saturated rings. The molecule has 0 atom stereocenters. The number of nitrogens with one attached hydrogen (secondary N) is 1. The fourth-order valence-corrected chi connectivity index (χ4v) is 2.17. The first-order chi connectivity index (χ1) is 9.56. The minimum absolute atomic E-state index is 0.191. The van der Waals surface area contributed by atoms with E-state index < -0.39 is 0 Å². The highest BCUT2D eigenvalue weighted by Gasteiger charge is 2.06. The Balaban J connectivity index is 1.95. The van der Waals surface area contributed by atoms with E-state index in [2.05, 4.69) is 22.7 Å². The molecule has 0 aliphatic heterocycles. The number of hydrogen-bond donors (Lipinski definition) is 1. The summed E-state index contributed by atoms with van der Waals surface area (Å²) in [6.07, 6.45) is 2.25. The second kappa shape index (κ2) is 6.57. The van der Waals surface area contributed by atoms with Crippen LogP contribution in [0, 0.1) is 6.92 Å². The van der Waals surface area contributed by atoms with E-state index in [1.807, 2.05) is 50.7 Å². The zero-order valence-electron chi connectivity index (χ0n) is 12.7. The lowest BCUT2D eigenvalue weighted by Gasteiger charge is -2.14. The lowest BCUT2D eigenvalue weighted by Crippen LogP contribution is -2.15. The number of para-hydroxylation sites is 1. The fraction of sp³-hybridized carbons (Fsp3) is 0.438. The van der Waals surface area contributed by atoms with E-state index in [0.717, 1.165) is 24.5 Å². The summed E-state index contributed by atoms with van der Waals surface area (Å²) in [5.74, 6) is 0.956. The normalized spacial score (nSPS) is 11.1. The topological polar surface area (TPSA) is 39.1 Å². The van der Waals surface area contributed by atoms with Gasteiger partial charge in [-0.1, -0.05) is 18.2 Å². The Bertz CT molecular complexity index is 561. The minimum atomic E-state index is 0.191. The van der Waals surface area contributed by atoms with Crippen molar-refractivity contribution in [3.8, 4) is 5.75 Å². The molecule has 0 saturated carbocycles. The molecule has 1 aromatic carbocycles. The van der Waals surface area contributed by atoms with E-state index in [4.69, 9.17) is 4.74 Å². The highest BCUT2D eigenvalue weighted by molar-refractivity contribution is 5.33. The number of hydrogen-bond acceptors (Lipinski definition) is 3. The predicted octanol–water partition coefficient (Wildman–Crippen LogP) is 2.81. The molecule has 108 valence electrons. The van der Waals surface area contributed by atoms with E-state index >= 15 is 0 Å². The number of aryl methyl sites for hydroxylation is 2. The number of aromatic nitrogens is 2. The molecule has 0 spiro atoms. The van der Waals surface area contributed by atoms with Gasteiger partial charge in [0.2, 0.25) is 0 Å². The van der Waals surface area contributed by atoms with Gasteiger partial charge in [-0.3, -0.25) is 4.68 Å². The van der Waals surface area contributed by atoms with Crippen LogP contribution in [-0.2, 0) is 20.1 Å². The Morgan fingerprint density at radius 1 is 1.20 bits per heavy atom. The second-order valence-electron chi connectivity index (χ2n) is 5.29. The Morgan fingerprint density at radius 3 is 2.55 bits per heavy atom. The molecule has 0 aliphatic rings. The van der Waals surface area contributed by atoms with Crippen molar-refractivity contribution in [1.82, 2.24) is 15.1 Å². The Labute approximate surface area is 120 Å². The summed E-state index contributed by atoms with van der Waals surface area (Å²) in [5, 5.41) is 7.80. The molecule has 0 amide bonds. The van der Waals surface area contributed by atoms with Gasteiger partial charge < -0.3 is 10.1 Å². The lowest BCUT2D eigenvalue weighted by molar-refractivity contribution is 0.239. The van der Waals surface area contributed by atoms with Gasteiger partial charge in [-0.05, 0) is 26.8 Å². The van der Waals surface area contributed by atoms with Gasteiger partial charge >= 0.3 is 0 Å². The van der Waals surface area contributed by atoms with E-state index in [-0.39, 0.29) is 6.10 Å². The van der Waals surface area contributed by atoms with E-state index in [9.17, 15) is 0 Å². The molecule has 0 saturated heterocycles. The highest BCUT2D eigenvalue weighted by Crippen LogP contribution is 2.19. The van der Waals surface area contributed by atoms with E-state index in [1.54, 1.807) is 0 Å². The smallest absolute Gasteiger partial charge is 0.124 e. The van der Waals surface area contributed by atoms with E-state index in [0.29, 0.717) is 0 Å². The molecule has 20 heavy (non-hydrogen) atoms. The van der Waals surface area contributed by atoms with Gasteiger partial charge in [0.15, 0.2) is 0 Å². The van der Waals surface area contributed by atoms with Crippen molar-refractivity contribution in [3.05, 3.63) is 47.3 Å². The molecule has 1 aromatic heterocycles. The summed E-state index contributed by atoms with van der Waals surface area (Å²) in [4.78, 5) is 0. The quantitative estimate of drug-likeness (QED) is 0.879. The molecule has 0 bridgehead atoms. The van der Waals surface area contributed by atoms with Crippen LogP contribution in [0.4, 0.5) is 0 Å². The van der Waals surface area contributed by atoms with Crippen molar-refractivity contribution >= 4 is 0 Å². The van der Waals surface area contributed by atoms with E-state index in [1.165, 1.54) is 11.1 Å². The summed E-state index contributed by atoms with van der Waals surface area (Å²) < 4.78 is 7.67. The molecule has 1 N–H and O–H groups in total. The predicted molar refractivity (Wildman–Crippen MR) is 80.7 cm³/mol. The van der Waals surface area contributed by atoms with Crippen molar-refractivity contribution in [1.29, 1.82) is 0 Å². The van der Waals surface area contributed by atoms with Gasteiger partial charge in [0.1, 0.15) is 5.75 Å². The first-order valence-electron chi connectivity index (χ1n) is 7.00. The number of rotatable bonds is 6. The van der Waals surface area contributed by atoms with Crippen LogP contribution in [0.15, 0.2) is 30.5 Å².